The normalized spacial score (nSPS) is 27.7. The topological polar surface area (TPSA) is 44.5 Å². The van der Waals surface area contributed by atoms with Gasteiger partial charge in [0.15, 0.2) is 0 Å². The van der Waals surface area contributed by atoms with Crippen molar-refractivity contribution in [3.8, 4) is 0 Å². The largest absolute Gasteiger partial charge is 0.376 e. The lowest BCUT2D eigenvalue weighted by molar-refractivity contribution is -0.0901. The van der Waals surface area contributed by atoms with E-state index in [2.05, 4.69) is 24.3 Å². The predicted molar refractivity (Wildman–Crippen MR) is 61.1 cm³/mol. The molecular weight excluding hydrogens is 202 g/mol. The molecule has 2 fully saturated rings. The minimum Gasteiger partial charge on any atom is -0.376 e. The number of rotatable bonds is 2. The second kappa shape index (κ2) is 3.84. The molecule has 3 nitrogen and oxygen atoms in total. The molecule has 1 atom stereocenters. The maximum atomic E-state index is 6.19. The Morgan fingerprint density at radius 3 is 2.81 bits per heavy atom. The Hall–Kier alpha value is -0.900. The zero-order valence-electron chi connectivity index (χ0n) is 9.32. The van der Waals surface area contributed by atoms with Crippen LogP contribution in [-0.2, 0) is 15.0 Å². The quantitative estimate of drug-likeness (QED) is 0.823. The lowest BCUT2D eigenvalue weighted by atomic mass is 10.0. The van der Waals surface area contributed by atoms with Crippen LogP contribution >= 0.6 is 0 Å². The molecule has 86 valence electrons. The molecule has 3 rings (SSSR count). The minimum absolute atomic E-state index is 0.0640. The molecule has 0 amide bonds. The van der Waals surface area contributed by atoms with Crippen LogP contribution in [0.3, 0.4) is 0 Å². The van der Waals surface area contributed by atoms with Crippen LogP contribution in [0.15, 0.2) is 24.3 Å². The first kappa shape index (κ1) is 10.3. The Labute approximate surface area is 95.5 Å². The maximum Gasteiger partial charge on any atom is 0.106 e. The van der Waals surface area contributed by atoms with Crippen molar-refractivity contribution in [2.45, 2.75) is 24.5 Å². The molecule has 16 heavy (non-hydrogen) atoms. The van der Waals surface area contributed by atoms with Crippen molar-refractivity contribution in [1.29, 1.82) is 0 Å². The molecular formula is C13H17NO2. The van der Waals surface area contributed by atoms with E-state index in [0.29, 0.717) is 19.8 Å². The Morgan fingerprint density at radius 1 is 1.25 bits per heavy atom. The fraction of sp³-hybridized carbons (Fsp3) is 0.538. The molecule has 0 radical (unpaired) electrons. The predicted octanol–water partition coefficient (Wildman–Crippen LogP) is 1.72. The fourth-order valence-electron chi connectivity index (χ4n) is 2.15. The van der Waals surface area contributed by atoms with E-state index >= 15 is 0 Å². The molecule has 3 heteroatoms. The van der Waals surface area contributed by atoms with Crippen LogP contribution in [0.1, 0.15) is 30.1 Å². The SMILES string of the molecule is NC1(c2cccc([C@H]3COCCO3)c2)CC1. The first-order valence-electron chi connectivity index (χ1n) is 5.87. The maximum absolute atomic E-state index is 6.19. The van der Waals surface area contributed by atoms with Crippen LogP contribution in [0, 0.1) is 0 Å². The molecule has 1 aliphatic carbocycles. The average molecular weight is 219 g/mol. The van der Waals surface area contributed by atoms with E-state index in [4.69, 9.17) is 15.2 Å². The van der Waals surface area contributed by atoms with Gasteiger partial charge >= 0.3 is 0 Å². The van der Waals surface area contributed by atoms with Crippen LogP contribution < -0.4 is 5.73 Å². The summed E-state index contributed by atoms with van der Waals surface area (Å²) in [5.41, 5.74) is 8.55. The summed E-state index contributed by atoms with van der Waals surface area (Å²) in [5.74, 6) is 0. The van der Waals surface area contributed by atoms with Gasteiger partial charge in [-0.2, -0.15) is 0 Å². The lowest BCUT2D eigenvalue weighted by Crippen LogP contribution is -2.23. The molecule has 0 aromatic heterocycles. The van der Waals surface area contributed by atoms with Crippen LogP contribution in [0.4, 0.5) is 0 Å². The number of ether oxygens (including phenoxy) is 2. The smallest absolute Gasteiger partial charge is 0.106 e. The summed E-state index contributed by atoms with van der Waals surface area (Å²) in [6.07, 6.45) is 2.27. The molecule has 0 bridgehead atoms. The molecule has 1 heterocycles. The summed E-state index contributed by atoms with van der Waals surface area (Å²) >= 11 is 0. The number of hydrogen-bond acceptors (Lipinski definition) is 3. The number of benzene rings is 1. The number of hydrogen-bond donors (Lipinski definition) is 1. The third-order valence-corrected chi connectivity index (χ3v) is 3.44. The van der Waals surface area contributed by atoms with Gasteiger partial charge < -0.3 is 15.2 Å². The molecule has 1 aromatic carbocycles. The number of nitrogens with two attached hydrogens (primary N) is 1. The van der Waals surface area contributed by atoms with Gasteiger partial charge in [0.25, 0.3) is 0 Å². The summed E-state index contributed by atoms with van der Waals surface area (Å²) in [4.78, 5) is 0. The first-order valence-corrected chi connectivity index (χ1v) is 5.87. The highest BCUT2D eigenvalue weighted by molar-refractivity contribution is 5.34. The Bertz CT molecular complexity index is 381. The van der Waals surface area contributed by atoms with E-state index in [-0.39, 0.29) is 11.6 Å². The van der Waals surface area contributed by atoms with Gasteiger partial charge in [-0.05, 0) is 24.0 Å². The van der Waals surface area contributed by atoms with Gasteiger partial charge in [-0.25, -0.2) is 0 Å². The molecule has 2 N–H and O–H groups in total. The van der Waals surface area contributed by atoms with E-state index in [1.165, 1.54) is 11.1 Å². The van der Waals surface area contributed by atoms with Crippen LogP contribution in [0.25, 0.3) is 0 Å². The highest BCUT2D eigenvalue weighted by atomic mass is 16.6. The van der Waals surface area contributed by atoms with Gasteiger partial charge in [-0.3, -0.25) is 0 Å². The van der Waals surface area contributed by atoms with Crippen molar-refractivity contribution in [2.75, 3.05) is 19.8 Å². The Morgan fingerprint density at radius 2 is 2.12 bits per heavy atom. The summed E-state index contributed by atoms with van der Waals surface area (Å²) in [5, 5.41) is 0. The van der Waals surface area contributed by atoms with Gasteiger partial charge in [-0.1, -0.05) is 24.3 Å². The molecule has 1 saturated carbocycles. The first-order chi connectivity index (χ1) is 7.78. The monoisotopic (exact) mass is 219 g/mol. The fourth-order valence-corrected chi connectivity index (χ4v) is 2.15. The third kappa shape index (κ3) is 1.86. The van der Waals surface area contributed by atoms with Gasteiger partial charge in [0.2, 0.25) is 0 Å². The minimum atomic E-state index is -0.0640. The van der Waals surface area contributed by atoms with Crippen molar-refractivity contribution in [2.24, 2.45) is 5.73 Å². The molecule has 1 saturated heterocycles. The summed E-state index contributed by atoms with van der Waals surface area (Å²) in [6, 6.07) is 8.44. The Kier molecular flexibility index (Phi) is 2.46. The van der Waals surface area contributed by atoms with Crippen molar-refractivity contribution in [3.63, 3.8) is 0 Å². The van der Waals surface area contributed by atoms with E-state index in [1.807, 2.05) is 0 Å². The van der Waals surface area contributed by atoms with Gasteiger partial charge in [0.1, 0.15) is 6.10 Å². The van der Waals surface area contributed by atoms with E-state index in [1.54, 1.807) is 0 Å². The van der Waals surface area contributed by atoms with Gasteiger partial charge in [0, 0.05) is 5.54 Å². The molecule has 1 aromatic rings. The average Bonchev–Trinajstić information content (AvgIpc) is 3.10. The van der Waals surface area contributed by atoms with Crippen LogP contribution in [-0.4, -0.2) is 19.8 Å². The Balaban J connectivity index is 1.84. The highest BCUT2D eigenvalue weighted by Crippen LogP contribution is 2.43. The van der Waals surface area contributed by atoms with Crippen LogP contribution in [0.5, 0.6) is 0 Å². The van der Waals surface area contributed by atoms with Gasteiger partial charge in [0.05, 0.1) is 19.8 Å². The zero-order valence-corrected chi connectivity index (χ0v) is 9.32. The van der Waals surface area contributed by atoms with Crippen molar-refractivity contribution < 1.29 is 9.47 Å². The standard InChI is InChI=1S/C13H17NO2/c14-13(4-5-13)11-3-1-2-10(8-11)12-9-15-6-7-16-12/h1-3,8,12H,4-7,9,14H2/t12-/m1/s1. The molecule has 2 aliphatic rings. The van der Waals surface area contributed by atoms with Crippen molar-refractivity contribution in [3.05, 3.63) is 35.4 Å². The summed E-state index contributed by atoms with van der Waals surface area (Å²) in [6.45, 7) is 2.04. The third-order valence-electron chi connectivity index (χ3n) is 3.44. The van der Waals surface area contributed by atoms with Crippen molar-refractivity contribution in [1.82, 2.24) is 0 Å². The molecule has 1 aliphatic heterocycles. The van der Waals surface area contributed by atoms with Crippen molar-refractivity contribution >= 4 is 0 Å². The van der Waals surface area contributed by atoms with Gasteiger partial charge in [-0.15, -0.1) is 0 Å². The second-order valence-corrected chi connectivity index (χ2v) is 4.72. The second-order valence-electron chi connectivity index (χ2n) is 4.72. The van der Waals surface area contributed by atoms with E-state index in [9.17, 15) is 0 Å². The molecule has 0 unspecified atom stereocenters. The summed E-state index contributed by atoms with van der Waals surface area (Å²) in [7, 11) is 0. The highest BCUT2D eigenvalue weighted by Gasteiger charge is 2.40. The molecule has 0 spiro atoms. The van der Waals surface area contributed by atoms with Crippen LogP contribution in [0.2, 0.25) is 0 Å². The zero-order chi connectivity index (χ0) is 11.0. The lowest BCUT2D eigenvalue weighted by Gasteiger charge is -2.24. The van der Waals surface area contributed by atoms with E-state index in [0.717, 1.165) is 12.8 Å². The van der Waals surface area contributed by atoms with E-state index < -0.39 is 0 Å². The summed E-state index contributed by atoms with van der Waals surface area (Å²) < 4.78 is 11.1.